The van der Waals surface area contributed by atoms with Gasteiger partial charge in [0.1, 0.15) is 0 Å². The summed E-state index contributed by atoms with van der Waals surface area (Å²) in [5.41, 5.74) is 5.00. The highest BCUT2D eigenvalue weighted by atomic mass is 15.1. The van der Waals surface area contributed by atoms with Crippen molar-refractivity contribution in [3.05, 3.63) is 59.7 Å². The predicted octanol–water partition coefficient (Wildman–Crippen LogP) is 4.23. The second kappa shape index (κ2) is 5.79. The maximum atomic E-state index is 3.57. The number of nitrogens with one attached hydrogen (secondary N) is 1. The van der Waals surface area contributed by atoms with E-state index in [9.17, 15) is 0 Å². The van der Waals surface area contributed by atoms with Crippen molar-refractivity contribution in [2.24, 2.45) is 0 Å². The lowest BCUT2D eigenvalue weighted by molar-refractivity contribution is 0.882. The van der Waals surface area contributed by atoms with E-state index in [0.29, 0.717) is 6.04 Å². The lowest BCUT2D eigenvalue weighted by Crippen LogP contribution is -2.10. The van der Waals surface area contributed by atoms with Gasteiger partial charge in [0.2, 0.25) is 0 Å². The molecule has 1 atom stereocenters. The third kappa shape index (κ3) is 3.28. The lowest BCUT2D eigenvalue weighted by Gasteiger charge is -2.19. The first-order valence-electron chi connectivity index (χ1n) is 6.67. The Balaban J connectivity index is 2.15. The summed E-state index contributed by atoms with van der Waals surface area (Å²) in [6.07, 6.45) is 0. The van der Waals surface area contributed by atoms with E-state index in [0.717, 1.165) is 0 Å². The minimum absolute atomic E-state index is 0.310. The molecule has 0 aliphatic rings. The fraction of sp³-hybridized carbons (Fsp3) is 0.294. The van der Waals surface area contributed by atoms with Gasteiger partial charge in [-0.3, -0.25) is 0 Å². The van der Waals surface area contributed by atoms with Gasteiger partial charge in [-0.15, -0.1) is 0 Å². The van der Waals surface area contributed by atoms with Gasteiger partial charge in [-0.05, 0) is 43.2 Å². The third-order valence-corrected chi connectivity index (χ3v) is 3.40. The lowest BCUT2D eigenvalue weighted by atomic mass is 10.1. The number of hydrogen-bond acceptors (Lipinski definition) is 2. The molecule has 0 aliphatic carbocycles. The van der Waals surface area contributed by atoms with Gasteiger partial charge in [0.25, 0.3) is 0 Å². The van der Waals surface area contributed by atoms with Gasteiger partial charge in [0.05, 0.1) is 0 Å². The van der Waals surface area contributed by atoms with Gasteiger partial charge in [0.15, 0.2) is 0 Å². The average molecular weight is 254 g/mol. The van der Waals surface area contributed by atoms with Gasteiger partial charge >= 0.3 is 0 Å². The molecule has 1 unspecified atom stereocenters. The molecule has 0 bridgehead atoms. The van der Waals surface area contributed by atoms with Crippen molar-refractivity contribution < 1.29 is 0 Å². The highest BCUT2D eigenvalue weighted by Gasteiger charge is 2.07. The molecule has 0 aliphatic heterocycles. The number of hydrogen-bond donors (Lipinski definition) is 1. The van der Waals surface area contributed by atoms with Crippen LogP contribution in [0.25, 0.3) is 0 Å². The molecule has 0 spiro atoms. The first-order valence-corrected chi connectivity index (χ1v) is 6.67. The number of rotatable bonds is 4. The summed E-state index contributed by atoms with van der Waals surface area (Å²) >= 11 is 0. The van der Waals surface area contributed by atoms with Crippen molar-refractivity contribution in [3.8, 4) is 0 Å². The van der Waals surface area contributed by atoms with Gasteiger partial charge < -0.3 is 10.2 Å². The Kier molecular flexibility index (Phi) is 4.10. The first-order chi connectivity index (χ1) is 9.08. The van der Waals surface area contributed by atoms with Crippen molar-refractivity contribution in [2.75, 3.05) is 24.3 Å². The Bertz CT molecular complexity index is 532. The van der Waals surface area contributed by atoms with Crippen LogP contribution >= 0.6 is 0 Å². The molecular weight excluding hydrogens is 232 g/mol. The largest absolute Gasteiger partial charge is 0.378 e. The molecule has 2 rings (SSSR count). The predicted molar refractivity (Wildman–Crippen MR) is 84.0 cm³/mol. The van der Waals surface area contributed by atoms with E-state index in [-0.39, 0.29) is 0 Å². The molecule has 2 aromatic rings. The summed E-state index contributed by atoms with van der Waals surface area (Å²) in [5.74, 6) is 0. The van der Waals surface area contributed by atoms with Crippen LogP contribution in [0.1, 0.15) is 24.1 Å². The quantitative estimate of drug-likeness (QED) is 0.878. The summed E-state index contributed by atoms with van der Waals surface area (Å²) in [7, 11) is 4.13. The maximum Gasteiger partial charge on any atom is 0.0485 e. The number of anilines is 2. The fourth-order valence-electron chi connectivity index (χ4n) is 2.15. The van der Waals surface area contributed by atoms with Crippen molar-refractivity contribution in [3.63, 3.8) is 0 Å². The zero-order chi connectivity index (χ0) is 13.8. The van der Waals surface area contributed by atoms with Crippen LogP contribution in [0.4, 0.5) is 11.4 Å². The van der Waals surface area contributed by atoms with Crippen LogP contribution in [0, 0.1) is 6.92 Å². The first kappa shape index (κ1) is 13.5. The molecule has 0 radical (unpaired) electrons. The molecule has 0 fully saturated rings. The Morgan fingerprint density at radius 3 is 2.26 bits per heavy atom. The van der Waals surface area contributed by atoms with E-state index in [1.54, 1.807) is 0 Å². The number of aryl methyl sites for hydroxylation is 1. The summed E-state index contributed by atoms with van der Waals surface area (Å²) in [6, 6.07) is 17.3. The normalized spacial score (nSPS) is 12.0. The van der Waals surface area contributed by atoms with Crippen LogP contribution in [0.5, 0.6) is 0 Å². The van der Waals surface area contributed by atoms with E-state index in [1.807, 2.05) is 6.07 Å². The van der Waals surface area contributed by atoms with E-state index < -0.39 is 0 Å². The second-order valence-corrected chi connectivity index (χ2v) is 5.17. The Morgan fingerprint density at radius 1 is 1.00 bits per heavy atom. The Labute approximate surface area is 116 Å². The summed E-state index contributed by atoms with van der Waals surface area (Å²) < 4.78 is 0. The van der Waals surface area contributed by atoms with Crippen LogP contribution in [-0.4, -0.2) is 14.1 Å². The molecule has 0 heterocycles. The SMILES string of the molecule is Cc1cc(N(C)C)ccc1NC(C)c1ccccc1. The molecule has 19 heavy (non-hydrogen) atoms. The van der Waals surface area contributed by atoms with Crippen molar-refractivity contribution >= 4 is 11.4 Å². The van der Waals surface area contributed by atoms with E-state index >= 15 is 0 Å². The Hall–Kier alpha value is -1.96. The summed E-state index contributed by atoms with van der Waals surface area (Å²) in [6.45, 7) is 4.33. The molecule has 0 saturated carbocycles. The molecule has 2 aromatic carbocycles. The van der Waals surface area contributed by atoms with Crippen molar-refractivity contribution in [1.29, 1.82) is 0 Å². The molecule has 2 nitrogen and oxygen atoms in total. The van der Waals surface area contributed by atoms with E-state index in [4.69, 9.17) is 0 Å². The van der Waals surface area contributed by atoms with Crippen molar-refractivity contribution in [2.45, 2.75) is 19.9 Å². The van der Waals surface area contributed by atoms with Crippen LogP contribution in [0.3, 0.4) is 0 Å². The van der Waals surface area contributed by atoms with Crippen LogP contribution in [-0.2, 0) is 0 Å². The standard InChI is InChI=1S/C17H22N2/c1-13-12-16(19(3)4)10-11-17(13)18-14(2)15-8-6-5-7-9-15/h5-12,14,18H,1-4H3. The zero-order valence-electron chi connectivity index (χ0n) is 12.1. The van der Waals surface area contributed by atoms with Crippen LogP contribution < -0.4 is 10.2 Å². The number of nitrogens with zero attached hydrogens (tertiary/aromatic N) is 1. The van der Waals surface area contributed by atoms with Gasteiger partial charge in [-0.25, -0.2) is 0 Å². The Morgan fingerprint density at radius 2 is 1.68 bits per heavy atom. The smallest absolute Gasteiger partial charge is 0.0485 e. The van der Waals surface area contributed by atoms with E-state index in [1.165, 1.54) is 22.5 Å². The van der Waals surface area contributed by atoms with E-state index in [2.05, 4.69) is 80.6 Å². The molecule has 0 saturated heterocycles. The highest BCUT2D eigenvalue weighted by molar-refractivity contribution is 5.60. The molecule has 0 aromatic heterocycles. The second-order valence-electron chi connectivity index (χ2n) is 5.17. The molecule has 0 amide bonds. The van der Waals surface area contributed by atoms with Gasteiger partial charge in [-0.2, -0.15) is 0 Å². The third-order valence-electron chi connectivity index (χ3n) is 3.40. The van der Waals surface area contributed by atoms with Crippen LogP contribution in [0.15, 0.2) is 48.5 Å². The van der Waals surface area contributed by atoms with Crippen molar-refractivity contribution in [1.82, 2.24) is 0 Å². The monoisotopic (exact) mass is 254 g/mol. The minimum atomic E-state index is 0.310. The molecule has 100 valence electrons. The summed E-state index contributed by atoms with van der Waals surface area (Å²) in [4.78, 5) is 2.12. The maximum absolute atomic E-state index is 3.57. The molecule has 2 heteroatoms. The average Bonchev–Trinajstić information content (AvgIpc) is 2.41. The topological polar surface area (TPSA) is 15.3 Å². The van der Waals surface area contributed by atoms with Gasteiger partial charge in [-0.1, -0.05) is 30.3 Å². The minimum Gasteiger partial charge on any atom is -0.378 e. The fourth-order valence-corrected chi connectivity index (χ4v) is 2.15. The van der Waals surface area contributed by atoms with Crippen LogP contribution in [0.2, 0.25) is 0 Å². The highest BCUT2D eigenvalue weighted by Crippen LogP contribution is 2.25. The zero-order valence-corrected chi connectivity index (χ0v) is 12.1. The summed E-state index contributed by atoms with van der Waals surface area (Å²) in [5, 5.41) is 3.57. The molecule has 1 N–H and O–H groups in total. The molecular formula is C17H22N2. The van der Waals surface area contributed by atoms with Gasteiger partial charge in [0, 0.05) is 31.5 Å². The number of benzene rings is 2.